The van der Waals surface area contributed by atoms with Gasteiger partial charge in [0.05, 0.1) is 0 Å². The maximum atomic E-state index is 13.2. The first-order chi connectivity index (χ1) is 10.1. The molecule has 0 radical (unpaired) electrons. The number of nitrogens with zero attached hydrogens (tertiary/aromatic N) is 1. The summed E-state index contributed by atoms with van der Waals surface area (Å²) in [4.78, 5) is 14.3. The summed E-state index contributed by atoms with van der Waals surface area (Å²) in [5, 5.41) is 0. The molecule has 0 aliphatic carbocycles. The van der Waals surface area contributed by atoms with E-state index < -0.39 is 5.60 Å². The number of hydrogen-bond acceptors (Lipinski definition) is 3. The van der Waals surface area contributed by atoms with Gasteiger partial charge in [0.25, 0.3) is 0 Å². The van der Waals surface area contributed by atoms with Gasteiger partial charge < -0.3 is 4.74 Å². The van der Waals surface area contributed by atoms with E-state index in [-0.39, 0.29) is 17.7 Å². The van der Waals surface area contributed by atoms with Gasteiger partial charge in [0, 0.05) is 38.4 Å². The number of hydrogen-bond donors (Lipinski definition) is 0. The van der Waals surface area contributed by atoms with E-state index in [0.29, 0.717) is 6.42 Å². The lowest BCUT2D eigenvalue weighted by molar-refractivity contribution is -0.173. The Morgan fingerprint density at radius 1 is 1.43 bits per heavy atom. The van der Waals surface area contributed by atoms with Gasteiger partial charge in [-0.25, -0.2) is 4.39 Å². The minimum Gasteiger partial charge on any atom is -0.453 e. The molecule has 0 N–H and O–H groups in total. The third kappa shape index (κ3) is 2.60. The Kier molecular flexibility index (Phi) is 3.81. The van der Waals surface area contributed by atoms with Crippen molar-refractivity contribution in [2.75, 3.05) is 19.6 Å². The van der Waals surface area contributed by atoms with Crippen molar-refractivity contribution >= 4 is 5.97 Å². The molecule has 112 valence electrons. The molecule has 3 rings (SSSR count). The Bertz CT molecular complexity index is 554. The van der Waals surface area contributed by atoms with E-state index in [1.807, 2.05) is 0 Å². The standard InChI is InChI=1S/C17H20FNO2/c1-2-16(20)21-17(13-5-7-15(18)8-6-13)9-11-19-10-3-4-14(17)12-19/h3-8,14H,2,9-12H2,1H3. The van der Waals surface area contributed by atoms with E-state index in [0.717, 1.165) is 31.6 Å². The second kappa shape index (κ2) is 5.60. The number of piperidine rings is 1. The van der Waals surface area contributed by atoms with Crippen LogP contribution in [0.15, 0.2) is 36.4 Å². The van der Waals surface area contributed by atoms with Crippen molar-refractivity contribution in [3.63, 3.8) is 0 Å². The van der Waals surface area contributed by atoms with Gasteiger partial charge in [0.1, 0.15) is 11.4 Å². The molecule has 0 spiro atoms. The van der Waals surface area contributed by atoms with Crippen molar-refractivity contribution in [3.05, 3.63) is 47.8 Å². The van der Waals surface area contributed by atoms with Gasteiger partial charge >= 0.3 is 5.97 Å². The van der Waals surface area contributed by atoms with Gasteiger partial charge in [-0.1, -0.05) is 31.2 Å². The van der Waals surface area contributed by atoms with Crippen LogP contribution < -0.4 is 0 Å². The van der Waals surface area contributed by atoms with E-state index >= 15 is 0 Å². The van der Waals surface area contributed by atoms with Crippen LogP contribution in [0.5, 0.6) is 0 Å². The fraction of sp³-hybridized carbons (Fsp3) is 0.471. The molecule has 3 atom stereocenters. The molecule has 3 nitrogen and oxygen atoms in total. The zero-order valence-electron chi connectivity index (χ0n) is 12.2. The molecule has 2 aliphatic heterocycles. The highest BCUT2D eigenvalue weighted by molar-refractivity contribution is 5.70. The zero-order valence-corrected chi connectivity index (χ0v) is 12.2. The summed E-state index contributed by atoms with van der Waals surface area (Å²) >= 11 is 0. The maximum Gasteiger partial charge on any atom is 0.306 e. The highest BCUT2D eigenvalue weighted by atomic mass is 19.1. The van der Waals surface area contributed by atoms with E-state index in [9.17, 15) is 9.18 Å². The van der Waals surface area contributed by atoms with Crippen LogP contribution in [-0.2, 0) is 15.1 Å². The molecular weight excluding hydrogens is 269 g/mol. The van der Waals surface area contributed by atoms with Gasteiger partial charge in [-0.2, -0.15) is 0 Å². The van der Waals surface area contributed by atoms with Crippen molar-refractivity contribution < 1.29 is 13.9 Å². The number of halogens is 1. The molecule has 4 heteroatoms. The van der Waals surface area contributed by atoms with Crippen molar-refractivity contribution in [2.45, 2.75) is 25.4 Å². The van der Waals surface area contributed by atoms with E-state index in [4.69, 9.17) is 4.74 Å². The molecule has 2 bridgehead atoms. The second-order valence-electron chi connectivity index (χ2n) is 5.77. The molecule has 2 aliphatic rings. The summed E-state index contributed by atoms with van der Waals surface area (Å²) in [6, 6.07) is 6.37. The van der Waals surface area contributed by atoms with Crippen LogP contribution in [0.1, 0.15) is 25.3 Å². The minimum absolute atomic E-state index is 0.126. The molecule has 1 saturated heterocycles. The average molecular weight is 289 g/mol. The van der Waals surface area contributed by atoms with Crippen LogP contribution in [0.2, 0.25) is 0 Å². The summed E-state index contributed by atoms with van der Waals surface area (Å²) in [5.74, 6) is -0.347. The topological polar surface area (TPSA) is 29.5 Å². The van der Waals surface area contributed by atoms with Crippen LogP contribution in [0.4, 0.5) is 4.39 Å². The highest BCUT2D eigenvalue weighted by Crippen LogP contribution is 2.43. The number of esters is 1. The predicted octanol–water partition coefficient (Wildman–Crippen LogP) is 2.87. The van der Waals surface area contributed by atoms with E-state index in [1.165, 1.54) is 12.1 Å². The Labute approximate surface area is 124 Å². The minimum atomic E-state index is -0.659. The van der Waals surface area contributed by atoms with Crippen molar-refractivity contribution in [2.24, 2.45) is 5.92 Å². The second-order valence-corrected chi connectivity index (χ2v) is 5.77. The SMILES string of the molecule is CCC(=O)OC1(c2ccc(F)cc2)CCN2CC=CC1C2. The summed E-state index contributed by atoms with van der Waals surface area (Å²) in [6.07, 6.45) is 5.37. The number of carbonyl (C=O) groups is 1. The lowest BCUT2D eigenvalue weighted by Crippen LogP contribution is -2.53. The lowest BCUT2D eigenvalue weighted by Gasteiger charge is -2.48. The normalized spacial score (nSPS) is 31.0. The zero-order chi connectivity index (χ0) is 14.9. The Hall–Kier alpha value is -1.68. The molecule has 1 fully saturated rings. The molecule has 0 amide bonds. The van der Waals surface area contributed by atoms with Crippen LogP contribution in [0.25, 0.3) is 0 Å². The van der Waals surface area contributed by atoms with Crippen LogP contribution >= 0.6 is 0 Å². The summed E-state index contributed by atoms with van der Waals surface area (Å²) in [5.41, 5.74) is 0.232. The first-order valence-electron chi connectivity index (χ1n) is 7.51. The number of rotatable bonds is 3. The molecule has 3 unspecified atom stereocenters. The van der Waals surface area contributed by atoms with Gasteiger partial charge in [-0.15, -0.1) is 0 Å². The number of carbonyl (C=O) groups excluding carboxylic acids is 1. The number of benzene rings is 1. The third-order valence-electron chi connectivity index (χ3n) is 4.50. The molecule has 1 aromatic rings. The monoisotopic (exact) mass is 289 g/mol. The first kappa shape index (κ1) is 14.3. The smallest absolute Gasteiger partial charge is 0.306 e. The first-order valence-corrected chi connectivity index (χ1v) is 7.51. The Balaban J connectivity index is 2.02. The van der Waals surface area contributed by atoms with Gasteiger partial charge in [0.2, 0.25) is 0 Å². The molecular formula is C17H20FNO2. The number of ether oxygens (including phenoxy) is 1. The van der Waals surface area contributed by atoms with Crippen LogP contribution in [0.3, 0.4) is 0 Å². The fourth-order valence-corrected chi connectivity index (χ4v) is 3.33. The van der Waals surface area contributed by atoms with E-state index in [2.05, 4.69) is 17.1 Å². The molecule has 2 heterocycles. The maximum absolute atomic E-state index is 13.2. The van der Waals surface area contributed by atoms with Crippen LogP contribution in [-0.4, -0.2) is 30.5 Å². The van der Waals surface area contributed by atoms with Crippen molar-refractivity contribution in [3.8, 4) is 0 Å². The Morgan fingerprint density at radius 2 is 2.19 bits per heavy atom. The largest absolute Gasteiger partial charge is 0.453 e. The van der Waals surface area contributed by atoms with Gasteiger partial charge in [-0.3, -0.25) is 9.69 Å². The fourth-order valence-electron chi connectivity index (χ4n) is 3.33. The molecule has 1 aromatic carbocycles. The van der Waals surface area contributed by atoms with Gasteiger partial charge in [-0.05, 0) is 17.7 Å². The van der Waals surface area contributed by atoms with Crippen LogP contribution in [0, 0.1) is 11.7 Å². The quantitative estimate of drug-likeness (QED) is 0.633. The van der Waals surface area contributed by atoms with E-state index in [1.54, 1.807) is 19.1 Å². The molecule has 0 aromatic heterocycles. The molecule has 0 saturated carbocycles. The highest BCUT2D eigenvalue weighted by Gasteiger charge is 2.47. The molecule has 21 heavy (non-hydrogen) atoms. The number of fused-ring (bicyclic) bond motifs is 2. The summed E-state index contributed by atoms with van der Waals surface area (Å²) < 4.78 is 19.1. The summed E-state index contributed by atoms with van der Waals surface area (Å²) in [6.45, 7) is 4.52. The summed E-state index contributed by atoms with van der Waals surface area (Å²) in [7, 11) is 0. The van der Waals surface area contributed by atoms with Crippen molar-refractivity contribution in [1.82, 2.24) is 4.90 Å². The third-order valence-corrected chi connectivity index (χ3v) is 4.50. The lowest BCUT2D eigenvalue weighted by atomic mass is 9.74. The Morgan fingerprint density at radius 3 is 2.90 bits per heavy atom. The predicted molar refractivity (Wildman–Crippen MR) is 78.1 cm³/mol. The van der Waals surface area contributed by atoms with Gasteiger partial charge in [0.15, 0.2) is 0 Å². The average Bonchev–Trinajstić information content (AvgIpc) is 2.51. The van der Waals surface area contributed by atoms with Crippen molar-refractivity contribution in [1.29, 1.82) is 0 Å².